The Balaban J connectivity index is 1.54. The van der Waals surface area contributed by atoms with Crippen LogP contribution in [0.1, 0.15) is 22.9 Å². The molecule has 112 valence electrons. The molecule has 0 spiro atoms. The fourth-order valence-electron chi connectivity index (χ4n) is 2.84. The quantitative estimate of drug-likeness (QED) is 0.867. The molecule has 0 radical (unpaired) electrons. The molecule has 0 aromatic carbocycles. The molecule has 1 unspecified atom stereocenters. The molecule has 2 aromatic heterocycles. The number of aromatic nitrogens is 3. The van der Waals surface area contributed by atoms with Gasteiger partial charge in [-0.3, -0.25) is 4.79 Å². The van der Waals surface area contributed by atoms with Crippen LogP contribution in [0, 0.1) is 12.8 Å². The number of nitrogens with zero attached hydrogens (tertiary/aromatic N) is 4. The van der Waals surface area contributed by atoms with E-state index in [9.17, 15) is 4.79 Å². The Hall–Kier alpha value is -1.69. The molecule has 2 aromatic rings. The largest absolute Gasteiger partial charge is 0.345 e. The maximum atomic E-state index is 12.3. The summed E-state index contributed by atoms with van der Waals surface area (Å²) in [6, 6.07) is 0. The average Bonchev–Trinajstić information content (AvgIpc) is 3.07. The van der Waals surface area contributed by atoms with Crippen LogP contribution in [-0.4, -0.2) is 38.9 Å². The molecule has 3 heterocycles. The summed E-state index contributed by atoms with van der Waals surface area (Å²) in [6.45, 7) is 3.77. The zero-order valence-corrected chi connectivity index (χ0v) is 13.3. The molecule has 0 bridgehead atoms. The topological polar surface area (TPSA) is 51.0 Å². The predicted octanol–water partition coefficient (Wildman–Crippen LogP) is 1.91. The number of hydrogen-bond donors (Lipinski definition) is 0. The van der Waals surface area contributed by atoms with E-state index in [-0.39, 0.29) is 5.91 Å². The molecule has 0 aliphatic carbocycles. The minimum Gasteiger partial charge on any atom is -0.345 e. The second kappa shape index (κ2) is 5.97. The Morgan fingerprint density at radius 3 is 3.19 bits per heavy atom. The lowest BCUT2D eigenvalue weighted by molar-refractivity contribution is -0.129. The molecule has 5 nitrogen and oxygen atoms in total. The SMILES string of the molecule is Cc1nc(CC(=O)N(C)CC2CCn3ccnc3C2)cs1. The fraction of sp³-hybridized carbons (Fsp3) is 0.533. The number of hydrogen-bond acceptors (Lipinski definition) is 4. The molecule has 1 aliphatic heterocycles. The van der Waals surface area contributed by atoms with E-state index in [1.54, 1.807) is 11.3 Å². The maximum absolute atomic E-state index is 12.3. The van der Waals surface area contributed by atoms with Crippen molar-refractivity contribution in [1.82, 2.24) is 19.4 Å². The lowest BCUT2D eigenvalue weighted by Crippen LogP contribution is -2.35. The van der Waals surface area contributed by atoms with E-state index in [0.717, 1.165) is 42.5 Å². The first-order valence-corrected chi connectivity index (χ1v) is 8.15. The van der Waals surface area contributed by atoms with Crippen molar-refractivity contribution in [2.24, 2.45) is 5.92 Å². The summed E-state index contributed by atoms with van der Waals surface area (Å²) in [5.41, 5.74) is 0.883. The highest BCUT2D eigenvalue weighted by Gasteiger charge is 2.22. The highest BCUT2D eigenvalue weighted by molar-refractivity contribution is 7.09. The van der Waals surface area contributed by atoms with Crippen molar-refractivity contribution in [2.45, 2.75) is 32.7 Å². The molecule has 1 amide bonds. The van der Waals surface area contributed by atoms with Gasteiger partial charge in [-0.15, -0.1) is 11.3 Å². The number of carbonyl (C=O) groups excluding carboxylic acids is 1. The van der Waals surface area contributed by atoms with E-state index < -0.39 is 0 Å². The number of thiazole rings is 1. The monoisotopic (exact) mass is 304 g/mol. The molecule has 1 atom stereocenters. The van der Waals surface area contributed by atoms with Crippen LogP contribution in [0.15, 0.2) is 17.8 Å². The molecular weight excluding hydrogens is 284 g/mol. The lowest BCUT2D eigenvalue weighted by atomic mass is 9.97. The van der Waals surface area contributed by atoms with Gasteiger partial charge in [0.2, 0.25) is 5.91 Å². The Morgan fingerprint density at radius 2 is 2.43 bits per heavy atom. The van der Waals surface area contributed by atoms with Crippen molar-refractivity contribution in [3.63, 3.8) is 0 Å². The van der Waals surface area contributed by atoms with Crippen LogP contribution in [0.25, 0.3) is 0 Å². The smallest absolute Gasteiger partial charge is 0.228 e. The van der Waals surface area contributed by atoms with Gasteiger partial charge in [0.1, 0.15) is 5.82 Å². The molecule has 6 heteroatoms. The predicted molar refractivity (Wildman–Crippen MR) is 82.2 cm³/mol. The summed E-state index contributed by atoms with van der Waals surface area (Å²) in [5, 5.41) is 2.98. The number of likely N-dealkylation sites (N-methyl/N-ethyl adjacent to an activating group) is 1. The van der Waals surface area contributed by atoms with E-state index in [1.165, 1.54) is 0 Å². The van der Waals surface area contributed by atoms with Crippen molar-refractivity contribution < 1.29 is 4.79 Å². The maximum Gasteiger partial charge on any atom is 0.228 e. The Bertz CT molecular complexity index is 633. The second-order valence-electron chi connectivity index (χ2n) is 5.70. The van der Waals surface area contributed by atoms with E-state index in [2.05, 4.69) is 14.5 Å². The van der Waals surface area contributed by atoms with E-state index in [0.29, 0.717) is 12.3 Å². The van der Waals surface area contributed by atoms with Gasteiger partial charge in [-0.05, 0) is 19.3 Å². The van der Waals surface area contributed by atoms with Gasteiger partial charge in [0, 0.05) is 44.3 Å². The van der Waals surface area contributed by atoms with Gasteiger partial charge >= 0.3 is 0 Å². The standard InChI is InChI=1S/C15H20N4OS/c1-11-17-13(10-21-11)8-15(20)18(2)9-12-3-5-19-6-4-16-14(19)7-12/h4,6,10,12H,3,5,7-9H2,1-2H3. The summed E-state index contributed by atoms with van der Waals surface area (Å²) in [7, 11) is 1.89. The third-order valence-corrected chi connectivity index (χ3v) is 4.83. The third-order valence-electron chi connectivity index (χ3n) is 4.01. The van der Waals surface area contributed by atoms with Crippen LogP contribution in [-0.2, 0) is 24.2 Å². The summed E-state index contributed by atoms with van der Waals surface area (Å²) in [6.07, 6.45) is 6.36. The Labute approximate surface area is 128 Å². The van der Waals surface area contributed by atoms with Crippen LogP contribution in [0.2, 0.25) is 0 Å². The molecule has 3 rings (SSSR count). The number of imidazole rings is 1. The first-order valence-electron chi connectivity index (χ1n) is 7.27. The zero-order valence-electron chi connectivity index (χ0n) is 12.5. The molecule has 0 saturated carbocycles. The third kappa shape index (κ3) is 3.32. The number of rotatable bonds is 4. The van der Waals surface area contributed by atoms with Crippen LogP contribution in [0.5, 0.6) is 0 Å². The minimum atomic E-state index is 0.147. The minimum absolute atomic E-state index is 0.147. The molecular formula is C15H20N4OS. The highest BCUT2D eigenvalue weighted by atomic mass is 32.1. The van der Waals surface area contributed by atoms with Gasteiger partial charge in [-0.1, -0.05) is 0 Å². The summed E-state index contributed by atoms with van der Waals surface area (Å²) < 4.78 is 2.20. The second-order valence-corrected chi connectivity index (χ2v) is 6.77. The summed E-state index contributed by atoms with van der Waals surface area (Å²) in [4.78, 5) is 22.8. The normalized spacial score (nSPS) is 17.5. The zero-order chi connectivity index (χ0) is 14.8. The summed E-state index contributed by atoms with van der Waals surface area (Å²) >= 11 is 1.59. The van der Waals surface area contributed by atoms with Crippen molar-refractivity contribution in [3.8, 4) is 0 Å². The molecule has 21 heavy (non-hydrogen) atoms. The van der Waals surface area contributed by atoms with Crippen LogP contribution < -0.4 is 0 Å². The van der Waals surface area contributed by atoms with Gasteiger partial charge < -0.3 is 9.47 Å². The first-order chi connectivity index (χ1) is 10.1. The number of aryl methyl sites for hydroxylation is 2. The number of carbonyl (C=O) groups is 1. The molecule has 0 fully saturated rings. The van der Waals surface area contributed by atoms with Crippen molar-refractivity contribution >= 4 is 17.2 Å². The van der Waals surface area contributed by atoms with E-state index in [4.69, 9.17) is 0 Å². The van der Waals surface area contributed by atoms with E-state index >= 15 is 0 Å². The lowest BCUT2D eigenvalue weighted by Gasteiger charge is -2.27. The van der Waals surface area contributed by atoms with Crippen molar-refractivity contribution in [2.75, 3.05) is 13.6 Å². The van der Waals surface area contributed by atoms with Gasteiger partial charge in [0.15, 0.2) is 0 Å². The average molecular weight is 304 g/mol. The van der Waals surface area contributed by atoms with Gasteiger partial charge in [-0.25, -0.2) is 9.97 Å². The number of fused-ring (bicyclic) bond motifs is 1. The Morgan fingerprint density at radius 1 is 1.57 bits per heavy atom. The van der Waals surface area contributed by atoms with Gasteiger partial charge in [0.05, 0.1) is 17.1 Å². The van der Waals surface area contributed by atoms with Crippen LogP contribution in [0.4, 0.5) is 0 Å². The van der Waals surface area contributed by atoms with Gasteiger partial charge in [-0.2, -0.15) is 0 Å². The van der Waals surface area contributed by atoms with Crippen molar-refractivity contribution in [3.05, 3.63) is 34.3 Å². The summed E-state index contributed by atoms with van der Waals surface area (Å²) in [5.74, 6) is 1.79. The van der Waals surface area contributed by atoms with Crippen molar-refractivity contribution in [1.29, 1.82) is 0 Å². The number of amides is 1. The molecule has 0 N–H and O–H groups in total. The van der Waals surface area contributed by atoms with Crippen LogP contribution in [0.3, 0.4) is 0 Å². The van der Waals surface area contributed by atoms with Crippen LogP contribution >= 0.6 is 11.3 Å². The first kappa shape index (κ1) is 14.3. The Kier molecular flexibility index (Phi) is 4.05. The fourth-order valence-corrected chi connectivity index (χ4v) is 3.45. The molecule has 0 saturated heterocycles. The molecule has 1 aliphatic rings. The van der Waals surface area contributed by atoms with E-state index in [1.807, 2.05) is 36.6 Å². The van der Waals surface area contributed by atoms with Gasteiger partial charge in [0.25, 0.3) is 0 Å². The highest BCUT2D eigenvalue weighted by Crippen LogP contribution is 2.20.